The molecule has 86 valence electrons. The van der Waals surface area contributed by atoms with Gasteiger partial charge in [0.25, 0.3) is 5.19 Å². The van der Waals surface area contributed by atoms with Crippen LogP contribution in [0.25, 0.3) is 10.2 Å². The highest BCUT2D eigenvalue weighted by atomic mass is 32.1. The first-order chi connectivity index (χ1) is 8.20. The number of hydrogen-bond acceptors (Lipinski definition) is 5. The molecule has 0 saturated carbocycles. The van der Waals surface area contributed by atoms with Crippen LogP contribution in [0.2, 0.25) is 0 Å². The van der Waals surface area contributed by atoms with Crippen molar-refractivity contribution in [2.24, 2.45) is 0 Å². The number of fused-ring (bicyclic) bond motifs is 1. The molecular weight excluding hydrogens is 236 g/mol. The van der Waals surface area contributed by atoms with Crippen LogP contribution in [0.4, 0.5) is 5.69 Å². The molecule has 0 spiro atoms. The molecule has 17 heavy (non-hydrogen) atoms. The Morgan fingerprint density at radius 2 is 2.24 bits per heavy atom. The summed E-state index contributed by atoms with van der Waals surface area (Å²) in [5.41, 5.74) is 8.27. The Morgan fingerprint density at radius 1 is 1.35 bits per heavy atom. The monoisotopic (exact) mass is 246 g/mol. The highest BCUT2D eigenvalue weighted by molar-refractivity contribution is 7.20. The summed E-state index contributed by atoms with van der Waals surface area (Å²) in [5.74, 6) is 0.523. The number of rotatable bonds is 2. The molecule has 0 aliphatic carbocycles. The third-order valence-corrected chi connectivity index (χ3v) is 3.16. The highest BCUT2D eigenvalue weighted by Gasteiger charge is 2.07. The molecule has 0 radical (unpaired) electrons. The smallest absolute Gasteiger partial charge is 0.281 e. The number of aryl methyl sites for hydroxylation is 1. The molecule has 0 atom stereocenters. The molecule has 2 heterocycles. The van der Waals surface area contributed by atoms with Gasteiger partial charge in [-0.3, -0.25) is 5.10 Å². The van der Waals surface area contributed by atoms with Crippen molar-refractivity contribution in [2.45, 2.75) is 6.92 Å². The summed E-state index contributed by atoms with van der Waals surface area (Å²) >= 11 is 1.45. The van der Waals surface area contributed by atoms with E-state index in [0.29, 0.717) is 11.1 Å². The molecule has 2 aromatic heterocycles. The number of aromatic nitrogens is 3. The Bertz CT molecular complexity index is 673. The quantitative estimate of drug-likeness (QED) is 0.681. The summed E-state index contributed by atoms with van der Waals surface area (Å²) in [4.78, 5) is 4.35. The van der Waals surface area contributed by atoms with E-state index in [2.05, 4.69) is 15.2 Å². The van der Waals surface area contributed by atoms with E-state index < -0.39 is 0 Å². The van der Waals surface area contributed by atoms with Gasteiger partial charge in [0.1, 0.15) is 0 Å². The maximum atomic E-state index is 5.71. The van der Waals surface area contributed by atoms with Crippen molar-refractivity contribution in [3.8, 4) is 11.1 Å². The van der Waals surface area contributed by atoms with Gasteiger partial charge in [-0.05, 0) is 25.1 Å². The number of hydrogen-bond donors (Lipinski definition) is 2. The zero-order valence-corrected chi connectivity index (χ0v) is 9.91. The molecule has 5 nitrogen and oxygen atoms in total. The summed E-state index contributed by atoms with van der Waals surface area (Å²) in [6.45, 7) is 1.92. The summed E-state index contributed by atoms with van der Waals surface area (Å²) in [6.07, 6.45) is 0. The van der Waals surface area contributed by atoms with Gasteiger partial charge in [0.15, 0.2) is 0 Å². The van der Waals surface area contributed by atoms with Gasteiger partial charge in [-0.2, -0.15) is 0 Å². The molecule has 0 saturated heterocycles. The van der Waals surface area contributed by atoms with Crippen molar-refractivity contribution >= 4 is 27.2 Å². The Morgan fingerprint density at radius 3 is 3.00 bits per heavy atom. The third-order valence-electron chi connectivity index (χ3n) is 2.27. The standard InChI is InChI=1S/C11H10N4OS/c1-6-4-10(15-14-6)16-11-13-8-3-2-7(12)5-9(8)17-11/h2-5H,12H2,1H3,(H,14,15). The van der Waals surface area contributed by atoms with Gasteiger partial charge < -0.3 is 10.5 Å². The Kier molecular flexibility index (Phi) is 2.22. The molecule has 0 unspecified atom stereocenters. The van der Waals surface area contributed by atoms with Crippen LogP contribution in [0.3, 0.4) is 0 Å². The van der Waals surface area contributed by atoms with E-state index in [-0.39, 0.29) is 0 Å². The Labute approximate surface area is 101 Å². The lowest BCUT2D eigenvalue weighted by molar-refractivity contribution is 0.459. The summed E-state index contributed by atoms with van der Waals surface area (Å²) in [5, 5.41) is 7.37. The second-order valence-corrected chi connectivity index (χ2v) is 4.69. The average Bonchev–Trinajstić information content (AvgIpc) is 2.84. The maximum absolute atomic E-state index is 5.71. The van der Waals surface area contributed by atoms with Crippen molar-refractivity contribution < 1.29 is 4.74 Å². The molecule has 0 aliphatic rings. The molecule has 3 aromatic rings. The van der Waals surface area contributed by atoms with Crippen LogP contribution < -0.4 is 10.5 Å². The number of ether oxygens (including phenoxy) is 1. The Hall–Kier alpha value is -2.08. The second-order valence-electron chi connectivity index (χ2n) is 3.70. The maximum Gasteiger partial charge on any atom is 0.281 e. The fraction of sp³-hybridized carbons (Fsp3) is 0.0909. The lowest BCUT2D eigenvalue weighted by Crippen LogP contribution is -1.82. The van der Waals surface area contributed by atoms with Crippen LogP contribution in [-0.2, 0) is 0 Å². The number of nitrogens with zero attached hydrogens (tertiary/aromatic N) is 2. The first-order valence-electron chi connectivity index (χ1n) is 5.06. The molecule has 0 bridgehead atoms. The minimum absolute atomic E-state index is 0.523. The van der Waals surface area contributed by atoms with Gasteiger partial charge in [-0.15, -0.1) is 5.10 Å². The van der Waals surface area contributed by atoms with E-state index in [0.717, 1.165) is 21.6 Å². The number of nitrogens with one attached hydrogen (secondary N) is 1. The molecule has 3 rings (SSSR count). The van der Waals surface area contributed by atoms with E-state index in [1.165, 1.54) is 11.3 Å². The summed E-state index contributed by atoms with van der Waals surface area (Å²) in [7, 11) is 0. The SMILES string of the molecule is Cc1cc(Oc2nc3ccc(N)cc3s2)n[nH]1. The van der Waals surface area contributed by atoms with Gasteiger partial charge in [0, 0.05) is 17.4 Å². The van der Waals surface area contributed by atoms with Crippen molar-refractivity contribution in [3.63, 3.8) is 0 Å². The lowest BCUT2D eigenvalue weighted by Gasteiger charge is -1.92. The van der Waals surface area contributed by atoms with Crippen LogP contribution in [0.1, 0.15) is 5.69 Å². The number of benzene rings is 1. The van der Waals surface area contributed by atoms with E-state index in [4.69, 9.17) is 10.5 Å². The predicted octanol–water partition coefficient (Wildman–Crippen LogP) is 2.70. The number of nitrogens with two attached hydrogens (primary N) is 1. The molecule has 1 aromatic carbocycles. The average molecular weight is 246 g/mol. The lowest BCUT2D eigenvalue weighted by atomic mass is 10.3. The fourth-order valence-electron chi connectivity index (χ4n) is 1.50. The number of aromatic amines is 1. The summed E-state index contributed by atoms with van der Waals surface area (Å²) < 4.78 is 6.55. The minimum Gasteiger partial charge on any atom is -0.410 e. The Balaban J connectivity index is 1.95. The van der Waals surface area contributed by atoms with Crippen LogP contribution >= 0.6 is 11.3 Å². The largest absolute Gasteiger partial charge is 0.410 e. The van der Waals surface area contributed by atoms with E-state index in [1.807, 2.05) is 31.2 Å². The van der Waals surface area contributed by atoms with Crippen molar-refractivity contribution in [2.75, 3.05) is 5.73 Å². The molecule has 0 amide bonds. The van der Waals surface area contributed by atoms with Crippen LogP contribution in [0, 0.1) is 6.92 Å². The number of nitrogen functional groups attached to an aromatic ring is 1. The predicted molar refractivity (Wildman–Crippen MR) is 67.4 cm³/mol. The first kappa shape index (κ1) is 10.1. The van der Waals surface area contributed by atoms with Gasteiger partial charge in [0.05, 0.1) is 10.2 Å². The molecule has 3 N–H and O–H groups in total. The topological polar surface area (TPSA) is 76.8 Å². The van der Waals surface area contributed by atoms with E-state index >= 15 is 0 Å². The van der Waals surface area contributed by atoms with Gasteiger partial charge in [-0.1, -0.05) is 11.3 Å². The zero-order valence-electron chi connectivity index (χ0n) is 9.10. The zero-order chi connectivity index (χ0) is 11.8. The van der Waals surface area contributed by atoms with Crippen molar-refractivity contribution in [1.29, 1.82) is 0 Å². The van der Waals surface area contributed by atoms with Crippen molar-refractivity contribution in [1.82, 2.24) is 15.2 Å². The van der Waals surface area contributed by atoms with Crippen LogP contribution in [0.5, 0.6) is 11.1 Å². The summed E-state index contributed by atoms with van der Waals surface area (Å²) in [6, 6.07) is 7.41. The van der Waals surface area contributed by atoms with Gasteiger partial charge >= 0.3 is 0 Å². The first-order valence-corrected chi connectivity index (χ1v) is 5.88. The van der Waals surface area contributed by atoms with Gasteiger partial charge in [0.2, 0.25) is 5.88 Å². The number of thiazole rings is 1. The second kappa shape index (κ2) is 3.74. The molecule has 0 aliphatic heterocycles. The fourth-order valence-corrected chi connectivity index (χ4v) is 2.37. The highest BCUT2D eigenvalue weighted by Crippen LogP contribution is 2.31. The molecule has 0 fully saturated rings. The van der Waals surface area contributed by atoms with Gasteiger partial charge in [-0.25, -0.2) is 4.98 Å². The van der Waals surface area contributed by atoms with Crippen molar-refractivity contribution in [3.05, 3.63) is 30.0 Å². The number of anilines is 1. The number of H-pyrrole nitrogens is 1. The van der Waals surface area contributed by atoms with Crippen LogP contribution in [0.15, 0.2) is 24.3 Å². The van der Waals surface area contributed by atoms with E-state index in [1.54, 1.807) is 0 Å². The van der Waals surface area contributed by atoms with Crippen LogP contribution in [-0.4, -0.2) is 15.2 Å². The third kappa shape index (κ3) is 1.94. The minimum atomic E-state index is 0.523. The molecular formula is C11H10N4OS. The normalized spacial score (nSPS) is 10.9. The van der Waals surface area contributed by atoms with E-state index in [9.17, 15) is 0 Å². The molecule has 6 heteroatoms.